The second-order valence-corrected chi connectivity index (χ2v) is 0.909. The van der Waals surface area contributed by atoms with E-state index in [-0.39, 0.29) is 5.57 Å². The van der Waals surface area contributed by atoms with Crippen LogP contribution in [-0.4, -0.2) is 11.1 Å². The molecule has 0 amide bonds. The molecule has 0 aliphatic heterocycles. The van der Waals surface area contributed by atoms with Crippen LogP contribution in [0.3, 0.4) is 0 Å². The van der Waals surface area contributed by atoms with Gasteiger partial charge in [-0.25, -0.2) is 4.79 Å². The molecule has 33 valence electrons. The highest BCUT2D eigenvalue weighted by atomic mass is 16.4. The van der Waals surface area contributed by atoms with Crippen molar-refractivity contribution in [3.63, 3.8) is 0 Å². The third kappa shape index (κ3) is 1.52. The maximum absolute atomic E-state index is 9.54. The van der Waals surface area contributed by atoms with Gasteiger partial charge in [-0.1, -0.05) is 6.58 Å². The summed E-state index contributed by atoms with van der Waals surface area (Å²) in [5.74, 6) is -1.05. The first kappa shape index (κ1) is 5.21. The van der Waals surface area contributed by atoms with Gasteiger partial charge in [0.15, 0.2) is 0 Å². The highest BCUT2D eigenvalue weighted by Gasteiger charge is 1.90. The number of carboxylic acids is 1. The lowest BCUT2D eigenvalue weighted by atomic mass is 10.4. The maximum atomic E-state index is 9.54. The lowest BCUT2D eigenvalue weighted by molar-refractivity contribution is -0.132. The van der Waals surface area contributed by atoms with Crippen molar-refractivity contribution >= 4 is 5.97 Å². The van der Waals surface area contributed by atoms with Gasteiger partial charge in [0.2, 0.25) is 0 Å². The summed E-state index contributed by atoms with van der Waals surface area (Å²) in [7, 11) is 0. The highest BCUT2D eigenvalue weighted by molar-refractivity contribution is 5.86. The molecule has 0 aromatic rings. The molecule has 0 unspecified atom stereocenters. The van der Waals surface area contributed by atoms with Crippen molar-refractivity contribution in [2.75, 3.05) is 0 Å². The zero-order valence-electron chi connectivity index (χ0n) is 3.27. The van der Waals surface area contributed by atoms with Crippen LogP contribution in [0.5, 0.6) is 0 Å². The molecule has 6 heavy (non-hydrogen) atoms. The van der Waals surface area contributed by atoms with Gasteiger partial charge in [-0.05, 0) is 6.92 Å². The second-order valence-electron chi connectivity index (χ2n) is 0.909. The number of aliphatic carboxylic acids is 1. The minimum atomic E-state index is -1.05. The monoisotopic (exact) mass is 85.0 g/mol. The minimum absolute atomic E-state index is 0.0741. The number of hydrogen-bond acceptors (Lipinski definition) is 1. The molecule has 0 saturated carbocycles. The first-order chi connectivity index (χ1) is 2.64. The fraction of sp³-hybridized carbons (Fsp3) is 0. The second kappa shape index (κ2) is 1.60. The van der Waals surface area contributed by atoms with Crippen molar-refractivity contribution in [1.82, 2.24) is 0 Å². The van der Waals surface area contributed by atoms with Crippen LogP contribution in [0.15, 0.2) is 12.2 Å². The summed E-state index contributed by atoms with van der Waals surface area (Å²) < 4.78 is 0. The SMILES string of the molecule is [CH2]C(=C)C(=O)O. The summed E-state index contributed by atoms with van der Waals surface area (Å²) in [6.07, 6.45) is 0. The lowest BCUT2D eigenvalue weighted by Crippen LogP contribution is -1.92. The van der Waals surface area contributed by atoms with E-state index in [1.54, 1.807) is 0 Å². The standard InChI is InChI=1S/C4H5O2/c1-3(2)4(5)6/h1-2H2,(H,5,6). The van der Waals surface area contributed by atoms with Crippen molar-refractivity contribution < 1.29 is 9.90 Å². The Bertz CT molecular complexity index is 71.5. The molecule has 0 aliphatic carbocycles. The molecule has 1 N–H and O–H groups in total. The van der Waals surface area contributed by atoms with E-state index in [1.165, 1.54) is 0 Å². The van der Waals surface area contributed by atoms with Crippen LogP contribution < -0.4 is 0 Å². The summed E-state index contributed by atoms with van der Waals surface area (Å²) in [4.78, 5) is 9.54. The molecule has 0 rings (SSSR count). The fourth-order valence-electron chi connectivity index (χ4n) is 0. The molecular formula is C4H5O2. The zero-order chi connectivity index (χ0) is 5.15. The molecule has 0 bridgehead atoms. The van der Waals surface area contributed by atoms with Gasteiger partial charge in [-0.2, -0.15) is 0 Å². The predicted molar refractivity (Wildman–Crippen MR) is 22.1 cm³/mol. The van der Waals surface area contributed by atoms with Crippen LogP contribution in [-0.2, 0) is 4.79 Å². The van der Waals surface area contributed by atoms with E-state index in [0.717, 1.165) is 0 Å². The number of rotatable bonds is 1. The van der Waals surface area contributed by atoms with E-state index < -0.39 is 5.97 Å². The Hall–Kier alpha value is -0.790. The summed E-state index contributed by atoms with van der Waals surface area (Å²) in [5.41, 5.74) is -0.0741. The Morgan fingerprint density at radius 3 is 1.83 bits per heavy atom. The number of hydrogen-bond donors (Lipinski definition) is 1. The average Bonchev–Trinajstić information content (AvgIpc) is 1.36. The molecule has 2 nitrogen and oxygen atoms in total. The van der Waals surface area contributed by atoms with Crippen molar-refractivity contribution in [3.8, 4) is 0 Å². The molecule has 0 fully saturated rings. The molecule has 0 saturated heterocycles. The Labute approximate surface area is 36.1 Å². The van der Waals surface area contributed by atoms with Gasteiger partial charge in [0.05, 0.1) is 0 Å². The Morgan fingerprint density at radius 1 is 1.67 bits per heavy atom. The van der Waals surface area contributed by atoms with Gasteiger partial charge in [-0.3, -0.25) is 0 Å². The highest BCUT2D eigenvalue weighted by Crippen LogP contribution is 1.80. The van der Waals surface area contributed by atoms with Crippen LogP contribution in [0.4, 0.5) is 0 Å². The summed E-state index contributed by atoms with van der Waals surface area (Å²) in [6, 6.07) is 0. The molecule has 0 spiro atoms. The van der Waals surface area contributed by atoms with E-state index in [4.69, 9.17) is 5.11 Å². The van der Waals surface area contributed by atoms with E-state index >= 15 is 0 Å². The van der Waals surface area contributed by atoms with Crippen molar-refractivity contribution in [1.29, 1.82) is 0 Å². The largest absolute Gasteiger partial charge is 0.478 e. The summed E-state index contributed by atoms with van der Waals surface area (Å²) in [5, 5.41) is 7.83. The first-order valence-corrected chi connectivity index (χ1v) is 1.38. The van der Waals surface area contributed by atoms with Gasteiger partial charge in [0.1, 0.15) is 0 Å². The lowest BCUT2D eigenvalue weighted by Gasteiger charge is -1.79. The predicted octanol–water partition coefficient (Wildman–Crippen LogP) is 0.461. The van der Waals surface area contributed by atoms with Gasteiger partial charge in [0.25, 0.3) is 0 Å². The van der Waals surface area contributed by atoms with Crippen LogP contribution in [0.1, 0.15) is 0 Å². The normalized spacial score (nSPS) is 7.50. The average molecular weight is 85.1 g/mol. The Morgan fingerprint density at radius 2 is 1.83 bits per heavy atom. The van der Waals surface area contributed by atoms with E-state index in [9.17, 15) is 4.79 Å². The molecular weight excluding hydrogens is 80.0 g/mol. The molecule has 0 atom stereocenters. The summed E-state index contributed by atoms with van der Waals surface area (Å²) in [6.45, 7) is 6.09. The maximum Gasteiger partial charge on any atom is 0.330 e. The third-order valence-corrected chi connectivity index (χ3v) is 0.302. The molecule has 2 heteroatoms. The van der Waals surface area contributed by atoms with Crippen LogP contribution in [0, 0.1) is 6.92 Å². The van der Waals surface area contributed by atoms with Gasteiger partial charge >= 0.3 is 5.97 Å². The Kier molecular flexibility index (Phi) is 1.39. The van der Waals surface area contributed by atoms with Crippen LogP contribution in [0.2, 0.25) is 0 Å². The van der Waals surface area contributed by atoms with Crippen LogP contribution in [0.25, 0.3) is 0 Å². The smallest absolute Gasteiger partial charge is 0.330 e. The van der Waals surface area contributed by atoms with Gasteiger partial charge in [0, 0.05) is 5.57 Å². The van der Waals surface area contributed by atoms with E-state index in [2.05, 4.69) is 13.5 Å². The molecule has 1 radical (unpaired) electrons. The minimum Gasteiger partial charge on any atom is -0.478 e. The van der Waals surface area contributed by atoms with Crippen molar-refractivity contribution in [2.45, 2.75) is 0 Å². The topological polar surface area (TPSA) is 37.3 Å². The number of carboxylic acid groups (broad SMARTS) is 1. The quantitative estimate of drug-likeness (QED) is 0.470. The van der Waals surface area contributed by atoms with Crippen molar-refractivity contribution in [2.24, 2.45) is 0 Å². The van der Waals surface area contributed by atoms with Crippen molar-refractivity contribution in [3.05, 3.63) is 19.1 Å². The van der Waals surface area contributed by atoms with E-state index in [0.29, 0.717) is 0 Å². The third-order valence-electron chi connectivity index (χ3n) is 0.302. The summed E-state index contributed by atoms with van der Waals surface area (Å²) >= 11 is 0. The molecule has 0 aromatic heterocycles. The molecule has 0 heterocycles. The zero-order valence-corrected chi connectivity index (χ0v) is 3.27. The Balaban J connectivity index is 3.57. The fourth-order valence-corrected chi connectivity index (χ4v) is 0. The van der Waals surface area contributed by atoms with Gasteiger partial charge in [-0.15, -0.1) is 0 Å². The van der Waals surface area contributed by atoms with E-state index in [1.807, 2.05) is 0 Å². The number of carbonyl (C=O) groups is 1. The van der Waals surface area contributed by atoms with Crippen LogP contribution >= 0.6 is 0 Å². The van der Waals surface area contributed by atoms with Gasteiger partial charge < -0.3 is 5.11 Å². The molecule has 0 aliphatic rings. The first-order valence-electron chi connectivity index (χ1n) is 1.38. The molecule has 0 aromatic carbocycles.